The number of nitrogens with zero attached hydrogens (tertiary/aromatic N) is 6. The summed E-state index contributed by atoms with van der Waals surface area (Å²) in [5, 5.41) is 3.41. The van der Waals surface area contributed by atoms with Gasteiger partial charge in [0, 0.05) is 42.4 Å². The van der Waals surface area contributed by atoms with Crippen LogP contribution in [0, 0.1) is 18.6 Å². The monoisotopic (exact) mass is 719 g/mol. The second-order valence-electron chi connectivity index (χ2n) is 11.8. The number of benzene rings is 3. The summed E-state index contributed by atoms with van der Waals surface area (Å²) in [7, 11) is 1.26. The first kappa shape index (κ1) is 34.5. The third kappa shape index (κ3) is 6.49. The van der Waals surface area contributed by atoms with Crippen LogP contribution in [0.3, 0.4) is 0 Å². The van der Waals surface area contributed by atoms with Crippen LogP contribution in [0.4, 0.5) is 31.7 Å². The SMILES string of the molecule is Cc1c(Cl)cccc1S(=O)(=O)Nc1ccc(F)c(Nc2ncnc3ccc(-n4cc(C(=O)N(C)CCN(C)C)c5c(N)cccc54)nc23)c1F. The number of amides is 1. The molecule has 3 aromatic carbocycles. The van der Waals surface area contributed by atoms with Crippen molar-refractivity contribution in [2.24, 2.45) is 0 Å². The number of hydrogen-bond donors (Lipinski definition) is 3. The molecule has 4 N–H and O–H groups in total. The van der Waals surface area contributed by atoms with Gasteiger partial charge in [0.25, 0.3) is 15.9 Å². The van der Waals surface area contributed by atoms with E-state index < -0.39 is 33.0 Å². The van der Waals surface area contributed by atoms with Gasteiger partial charge in [-0.3, -0.25) is 9.52 Å². The van der Waals surface area contributed by atoms with E-state index in [1.54, 1.807) is 53.0 Å². The molecule has 0 radical (unpaired) electrons. The first-order valence-corrected chi connectivity index (χ1v) is 17.1. The molecule has 0 bridgehead atoms. The Kier molecular flexibility index (Phi) is 9.31. The third-order valence-corrected chi connectivity index (χ3v) is 10.0. The first-order valence-electron chi connectivity index (χ1n) is 15.2. The number of hydrogen-bond acceptors (Lipinski definition) is 9. The van der Waals surface area contributed by atoms with Crippen LogP contribution in [0.5, 0.6) is 0 Å². The van der Waals surface area contributed by atoms with E-state index in [9.17, 15) is 13.2 Å². The molecule has 0 atom stereocenters. The standard InChI is InChI=1S/C34H32ClF2N9O3S/c1-19-21(35)7-5-10-27(19)50(48,49)43-24-12-11-22(36)31(30(24)37)42-33-32-25(39-18-40-33)13-14-28(41-32)46-17-20(29-23(38)8-6-9-26(29)46)34(47)45(4)16-15-44(2)3/h5-14,17-18,43H,15-16,38H2,1-4H3,(H,39,40,42). The van der Waals surface area contributed by atoms with Crippen LogP contribution in [0.2, 0.25) is 5.02 Å². The molecule has 50 heavy (non-hydrogen) atoms. The highest BCUT2D eigenvalue weighted by Gasteiger charge is 2.24. The van der Waals surface area contributed by atoms with Crippen LogP contribution in [-0.4, -0.2) is 77.9 Å². The molecule has 0 fully saturated rings. The number of sulfonamides is 1. The number of halogens is 3. The lowest BCUT2D eigenvalue weighted by Gasteiger charge is -2.19. The number of nitrogens with two attached hydrogens (primary N) is 1. The Morgan fingerprint density at radius 2 is 1.76 bits per heavy atom. The number of likely N-dealkylation sites (N-methyl/N-ethyl adjacent to an activating group) is 2. The summed E-state index contributed by atoms with van der Waals surface area (Å²) in [6.45, 7) is 2.67. The van der Waals surface area contributed by atoms with Gasteiger partial charge < -0.3 is 25.4 Å². The second kappa shape index (κ2) is 13.5. The number of fused-ring (bicyclic) bond motifs is 2. The van der Waals surface area contributed by atoms with Gasteiger partial charge in [-0.25, -0.2) is 32.2 Å². The molecule has 0 saturated heterocycles. The molecule has 0 unspecified atom stereocenters. The predicted molar refractivity (Wildman–Crippen MR) is 191 cm³/mol. The summed E-state index contributed by atoms with van der Waals surface area (Å²) in [6, 6.07) is 14.8. The second-order valence-corrected chi connectivity index (χ2v) is 13.9. The van der Waals surface area contributed by atoms with Crippen molar-refractivity contribution in [2.75, 3.05) is 50.0 Å². The molecule has 6 rings (SSSR count). The quantitative estimate of drug-likeness (QED) is 0.146. The molecule has 0 spiro atoms. The van der Waals surface area contributed by atoms with Crippen molar-refractivity contribution in [1.82, 2.24) is 29.3 Å². The molecule has 6 aromatic rings. The molecule has 12 nitrogen and oxygen atoms in total. The van der Waals surface area contributed by atoms with Crippen molar-refractivity contribution >= 4 is 72.3 Å². The lowest BCUT2D eigenvalue weighted by molar-refractivity contribution is 0.0788. The highest BCUT2D eigenvalue weighted by atomic mass is 35.5. The Labute approximate surface area is 291 Å². The fourth-order valence-electron chi connectivity index (χ4n) is 5.42. The summed E-state index contributed by atoms with van der Waals surface area (Å²) in [5.74, 6) is -2.17. The lowest BCUT2D eigenvalue weighted by atomic mass is 10.1. The maximum atomic E-state index is 15.9. The van der Waals surface area contributed by atoms with Gasteiger partial charge in [0.05, 0.1) is 27.2 Å². The molecule has 258 valence electrons. The van der Waals surface area contributed by atoms with Crippen molar-refractivity contribution < 1.29 is 22.0 Å². The summed E-state index contributed by atoms with van der Waals surface area (Å²) in [6.07, 6.45) is 2.85. The van der Waals surface area contributed by atoms with E-state index >= 15 is 8.78 Å². The fourth-order valence-corrected chi connectivity index (χ4v) is 6.98. The number of aromatic nitrogens is 4. The zero-order valence-corrected chi connectivity index (χ0v) is 28.9. The summed E-state index contributed by atoms with van der Waals surface area (Å²) < 4.78 is 61.3. The first-order chi connectivity index (χ1) is 23.8. The zero-order valence-electron chi connectivity index (χ0n) is 27.4. The predicted octanol–water partition coefficient (Wildman–Crippen LogP) is 5.97. The third-order valence-electron chi connectivity index (χ3n) is 8.12. The summed E-state index contributed by atoms with van der Waals surface area (Å²) >= 11 is 6.10. The molecule has 3 heterocycles. The molecule has 0 aliphatic heterocycles. The van der Waals surface area contributed by atoms with Gasteiger partial charge >= 0.3 is 0 Å². The largest absolute Gasteiger partial charge is 0.398 e. The zero-order chi connectivity index (χ0) is 35.9. The number of carbonyl (C=O) groups is 1. The van der Waals surface area contributed by atoms with Crippen molar-refractivity contribution in [3.63, 3.8) is 0 Å². The van der Waals surface area contributed by atoms with E-state index in [0.29, 0.717) is 46.6 Å². The molecule has 16 heteroatoms. The fraction of sp³-hybridized carbons (Fsp3) is 0.176. The van der Waals surface area contributed by atoms with Crippen molar-refractivity contribution in [3.05, 3.63) is 101 Å². The number of nitrogens with one attached hydrogen (secondary N) is 2. The minimum Gasteiger partial charge on any atom is -0.398 e. The van der Waals surface area contributed by atoms with Gasteiger partial charge in [0.15, 0.2) is 11.6 Å². The van der Waals surface area contributed by atoms with E-state index in [1.807, 2.05) is 19.0 Å². The van der Waals surface area contributed by atoms with Crippen LogP contribution >= 0.6 is 11.6 Å². The van der Waals surface area contributed by atoms with Gasteiger partial charge in [-0.2, -0.15) is 0 Å². The van der Waals surface area contributed by atoms with E-state index in [-0.39, 0.29) is 32.7 Å². The summed E-state index contributed by atoms with van der Waals surface area (Å²) in [5.41, 5.74) is 7.34. The Morgan fingerprint density at radius 3 is 2.52 bits per heavy atom. The molecule has 0 aliphatic carbocycles. The van der Waals surface area contributed by atoms with Crippen LogP contribution in [0.15, 0.2) is 78.1 Å². The Balaban J connectivity index is 1.39. The van der Waals surface area contributed by atoms with Crippen LogP contribution in [0.25, 0.3) is 27.8 Å². The Hall–Kier alpha value is -5.38. The van der Waals surface area contributed by atoms with Crippen molar-refractivity contribution in [2.45, 2.75) is 11.8 Å². The topological polar surface area (TPSA) is 151 Å². The highest BCUT2D eigenvalue weighted by molar-refractivity contribution is 7.92. The minimum absolute atomic E-state index is 0.0592. The van der Waals surface area contributed by atoms with Gasteiger partial charge in [0.1, 0.15) is 29.2 Å². The number of rotatable bonds is 10. The van der Waals surface area contributed by atoms with Gasteiger partial charge in [-0.05, 0) is 75.1 Å². The number of carbonyl (C=O) groups excluding carboxylic acids is 1. The summed E-state index contributed by atoms with van der Waals surface area (Å²) in [4.78, 5) is 30.2. The minimum atomic E-state index is -4.30. The Bertz CT molecular complexity index is 2400. The van der Waals surface area contributed by atoms with E-state index in [1.165, 1.54) is 31.5 Å². The average molecular weight is 720 g/mol. The lowest BCUT2D eigenvalue weighted by Crippen LogP contribution is -2.33. The number of anilines is 4. The van der Waals surface area contributed by atoms with E-state index in [2.05, 4.69) is 20.0 Å². The molecule has 0 saturated carbocycles. The molecule has 3 aromatic heterocycles. The molecule has 0 aliphatic rings. The van der Waals surface area contributed by atoms with E-state index in [4.69, 9.17) is 22.3 Å². The van der Waals surface area contributed by atoms with Gasteiger partial charge in [-0.1, -0.05) is 23.7 Å². The Morgan fingerprint density at radius 1 is 1.00 bits per heavy atom. The van der Waals surface area contributed by atoms with Crippen molar-refractivity contribution in [1.29, 1.82) is 0 Å². The molecular weight excluding hydrogens is 688 g/mol. The smallest absolute Gasteiger partial charge is 0.262 e. The van der Waals surface area contributed by atoms with Crippen LogP contribution in [0.1, 0.15) is 15.9 Å². The highest BCUT2D eigenvalue weighted by Crippen LogP contribution is 2.34. The molecule has 1 amide bonds. The normalized spacial score (nSPS) is 11.8. The van der Waals surface area contributed by atoms with Gasteiger partial charge in [-0.15, -0.1) is 0 Å². The van der Waals surface area contributed by atoms with Gasteiger partial charge in [0.2, 0.25) is 0 Å². The van der Waals surface area contributed by atoms with Crippen LogP contribution < -0.4 is 15.8 Å². The number of nitrogen functional groups attached to an aromatic ring is 1. The van der Waals surface area contributed by atoms with E-state index in [0.717, 1.165) is 12.1 Å². The maximum absolute atomic E-state index is 15.9. The maximum Gasteiger partial charge on any atom is 0.262 e. The average Bonchev–Trinajstić information content (AvgIpc) is 3.48. The number of pyridine rings is 1. The molecular formula is C34H32ClF2N9O3S. The van der Waals surface area contributed by atoms with Crippen LogP contribution in [-0.2, 0) is 10.0 Å². The van der Waals surface area contributed by atoms with Crippen molar-refractivity contribution in [3.8, 4) is 5.82 Å².